The van der Waals surface area contributed by atoms with Crippen molar-refractivity contribution in [2.24, 2.45) is 18.9 Å². The molecule has 4 unspecified atom stereocenters. The van der Waals surface area contributed by atoms with Crippen molar-refractivity contribution in [1.29, 1.82) is 0 Å². The lowest BCUT2D eigenvalue weighted by atomic mass is 9.88. The van der Waals surface area contributed by atoms with Gasteiger partial charge in [-0.2, -0.15) is 15.0 Å². The van der Waals surface area contributed by atoms with Crippen LogP contribution >= 0.6 is 11.9 Å². The maximum absolute atomic E-state index is 13.4. The van der Waals surface area contributed by atoms with Crippen molar-refractivity contribution >= 4 is 33.9 Å². The Labute approximate surface area is 209 Å². The molecule has 0 amide bonds. The van der Waals surface area contributed by atoms with Crippen LogP contribution in [0.1, 0.15) is 11.1 Å². The Balaban J connectivity index is 1.35. The summed E-state index contributed by atoms with van der Waals surface area (Å²) in [6.07, 6.45) is 5.22. The van der Waals surface area contributed by atoms with Crippen LogP contribution in [0.15, 0.2) is 53.8 Å². The molecule has 0 radical (unpaired) electrons. The minimum atomic E-state index is -1.29. The smallest absolute Gasteiger partial charge is 0.153 e. The molecule has 182 valence electrons. The topological polar surface area (TPSA) is 78.1 Å². The molecule has 35 heavy (non-hydrogen) atoms. The molecule has 1 saturated heterocycles. The minimum absolute atomic E-state index is 0.0785. The second-order valence-electron chi connectivity index (χ2n) is 9.28. The van der Waals surface area contributed by atoms with Gasteiger partial charge >= 0.3 is 0 Å². The predicted molar refractivity (Wildman–Crippen MR) is 133 cm³/mol. The first-order valence-electron chi connectivity index (χ1n) is 11.4. The zero-order chi connectivity index (χ0) is 24.3. The summed E-state index contributed by atoms with van der Waals surface area (Å²) in [5.74, 6) is 0.431. The van der Waals surface area contributed by atoms with Crippen LogP contribution in [-0.4, -0.2) is 59.2 Å². The number of rotatable bonds is 7. The Hall–Kier alpha value is -2.60. The molecule has 4 aromatic rings. The van der Waals surface area contributed by atoms with Crippen LogP contribution in [0.3, 0.4) is 0 Å². The Morgan fingerprint density at radius 1 is 1.23 bits per heavy atom. The predicted octanol–water partition coefficient (Wildman–Crippen LogP) is 3.42. The first-order valence-corrected chi connectivity index (χ1v) is 13.6. The first-order chi connectivity index (χ1) is 16.8. The van der Waals surface area contributed by atoms with Gasteiger partial charge in [-0.25, -0.2) is 17.6 Å². The highest BCUT2D eigenvalue weighted by Crippen LogP contribution is 2.66. The van der Waals surface area contributed by atoms with E-state index in [1.165, 1.54) is 23.3 Å². The number of nitrogens with zero attached hydrogens (tertiary/aromatic N) is 6. The van der Waals surface area contributed by atoms with Gasteiger partial charge in [-0.3, -0.25) is 4.18 Å². The number of aromatic nitrogens is 5. The molecule has 6 rings (SSSR count). The highest BCUT2D eigenvalue weighted by molar-refractivity contribution is 7.97. The van der Waals surface area contributed by atoms with E-state index >= 15 is 0 Å². The van der Waals surface area contributed by atoms with Crippen molar-refractivity contribution in [2.45, 2.75) is 17.4 Å². The lowest BCUT2D eigenvalue weighted by Crippen LogP contribution is -2.26. The molecule has 1 aliphatic carbocycles. The van der Waals surface area contributed by atoms with Gasteiger partial charge < -0.3 is 0 Å². The van der Waals surface area contributed by atoms with Gasteiger partial charge in [0.2, 0.25) is 0 Å². The highest BCUT2D eigenvalue weighted by Gasteiger charge is 2.70. The fraction of sp³-hybridized carbons (Fsp3) is 0.375. The average molecular weight is 513 g/mol. The molecular formula is C24H25FN6O2S2. The van der Waals surface area contributed by atoms with E-state index in [0.717, 1.165) is 34.7 Å². The molecule has 8 nitrogen and oxygen atoms in total. The van der Waals surface area contributed by atoms with Crippen LogP contribution in [0.25, 0.3) is 16.6 Å². The van der Waals surface area contributed by atoms with E-state index in [9.17, 15) is 8.60 Å². The second-order valence-corrected chi connectivity index (χ2v) is 11.4. The third-order valence-electron chi connectivity index (χ3n) is 7.24. The molecule has 1 saturated carbocycles. The minimum Gasteiger partial charge on any atom is -0.290 e. The Kier molecular flexibility index (Phi) is 5.55. The Bertz CT molecular complexity index is 1440. The molecule has 2 aromatic carbocycles. The summed E-state index contributed by atoms with van der Waals surface area (Å²) < 4.78 is 34.9. The van der Waals surface area contributed by atoms with Gasteiger partial charge in [0.05, 0.1) is 30.2 Å². The molecule has 4 atom stereocenters. The van der Waals surface area contributed by atoms with Crippen LogP contribution < -0.4 is 0 Å². The van der Waals surface area contributed by atoms with Crippen molar-refractivity contribution in [3.05, 3.63) is 65.7 Å². The van der Waals surface area contributed by atoms with E-state index < -0.39 is 11.1 Å². The van der Waals surface area contributed by atoms with E-state index in [-0.39, 0.29) is 11.2 Å². The average Bonchev–Trinajstić information content (AvgIpc) is 3.23. The van der Waals surface area contributed by atoms with Crippen molar-refractivity contribution < 1.29 is 12.8 Å². The van der Waals surface area contributed by atoms with Crippen LogP contribution in [-0.2, 0) is 27.7 Å². The monoisotopic (exact) mass is 512 g/mol. The molecule has 0 bridgehead atoms. The number of aryl methyl sites for hydroxylation is 2. The van der Waals surface area contributed by atoms with E-state index in [0.29, 0.717) is 18.4 Å². The standard InChI is InChI=1S/C24H25FN6O2S2/c1-15-8-22-16(10-27-31(22)18-6-4-17(25)5-7-18)9-19(15)24-14-30(34-23-11-26-29(2)28-23)12-20(24)21(24)13-33-35(3)32/h4-11,20-21H,12-14H2,1-3H3. The molecule has 0 N–H and O–H groups in total. The zero-order valence-electron chi connectivity index (χ0n) is 19.6. The third-order valence-corrected chi connectivity index (χ3v) is 8.62. The van der Waals surface area contributed by atoms with Gasteiger partial charge in [-0.05, 0) is 78.2 Å². The maximum Gasteiger partial charge on any atom is 0.153 e. The highest BCUT2D eigenvalue weighted by atomic mass is 32.2. The molecule has 0 spiro atoms. The van der Waals surface area contributed by atoms with Crippen LogP contribution in [0, 0.1) is 24.6 Å². The molecule has 1 aliphatic heterocycles. The van der Waals surface area contributed by atoms with Crippen LogP contribution in [0.2, 0.25) is 0 Å². The van der Waals surface area contributed by atoms with Gasteiger partial charge in [-0.15, -0.1) is 5.10 Å². The van der Waals surface area contributed by atoms with Crippen LogP contribution in [0.4, 0.5) is 4.39 Å². The molecule has 2 fully saturated rings. The van der Waals surface area contributed by atoms with E-state index in [2.05, 4.69) is 38.7 Å². The van der Waals surface area contributed by atoms with Gasteiger partial charge in [-0.1, -0.05) is 0 Å². The quantitative estimate of drug-likeness (QED) is 0.351. The second kappa shape index (κ2) is 8.51. The molecule has 2 aromatic heterocycles. The third kappa shape index (κ3) is 3.90. The first kappa shape index (κ1) is 22.8. The number of hydrogen-bond acceptors (Lipinski definition) is 7. The van der Waals surface area contributed by atoms with E-state index in [4.69, 9.17) is 4.18 Å². The summed E-state index contributed by atoms with van der Waals surface area (Å²) in [6.45, 7) is 4.36. The number of hydrogen-bond donors (Lipinski definition) is 0. The lowest BCUT2D eigenvalue weighted by Gasteiger charge is -2.23. The Morgan fingerprint density at radius 2 is 2.03 bits per heavy atom. The van der Waals surface area contributed by atoms with Gasteiger partial charge in [0.15, 0.2) is 16.1 Å². The number of benzene rings is 2. The molecule has 11 heteroatoms. The number of halogens is 1. The summed E-state index contributed by atoms with van der Waals surface area (Å²) >= 11 is 0.336. The maximum atomic E-state index is 13.4. The van der Waals surface area contributed by atoms with Crippen molar-refractivity contribution in [3.8, 4) is 5.69 Å². The lowest BCUT2D eigenvalue weighted by molar-refractivity contribution is 0.288. The fourth-order valence-corrected chi connectivity index (χ4v) is 7.03. The van der Waals surface area contributed by atoms with Gasteiger partial charge in [0, 0.05) is 37.2 Å². The summed E-state index contributed by atoms with van der Waals surface area (Å²) in [5, 5.41) is 15.1. The van der Waals surface area contributed by atoms with Crippen molar-refractivity contribution in [3.63, 3.8) is 0 Å². The van der Waals surface area contributed by atoms with E-state index in [1.807, 2.05) is 17.9 Å². The molecule has 2 aliphatic rings. The molecular weight excluding hydrogens is 487 g/mol. The van der Waals surface area contributed by atoms with Crippen molar-refractivity contribution in [1.82, 2.24) is 29.1 Å². The fourth-order valence-electron chi connectivity index (χ4n) is 5.66. The SMILES string of the molecule is Cc1cc2c(cnn2-c2ccc(F)cc2)cc1C12CN(Sc3cnn(C)n3)CC1C2COS(C)=O. The summed E-state index contributed by atoms with van der Waals surface area (Å²) in [6, 6.07) is 10.8. The summed E-state index contributed by atoms with van der Waals surface area (Å²) in [4.78, 5) is 1.57. The molecule has 3 heterocycles. The Morgan fingerprint density at radius 3 is 2.74 bits per heavy atom. The summed E-state index contributed by atoms with van der Waals surface area (Å²) in [5.41, 5.74) is 4.19. The number of fused-ring (bicyclic) bond motifs is 2. The van der Waals surface area contributed by atoms with Crippen LogP contribution in [0.5, 0.6) is 0 Å². The van der Waals surface area contributed by atoms with Gasteiger partial charge in [0.1, 0.15) is 5.82 Å². The van der Waals surface area contributed by atoms with E-state index in [1.54, 1.807) is 41.3 Å². The van der Waals surface area contributed by atoms with Crippen molar-refractivity contribution in [2.75, 3.05) is 26.0 Å². The zero-order valence-corrected chi connectivity index (χ0v) is 21.2. The largest absolute Gasteiger partial charge is 0.290 e. The normalized spacial score (nSPS) is 24.7. The number of piperidine rings is 1. The van der Waals surface area contributed by atoms with Gasteiger partial charge in [0.25, 0.3) is 0 Å². The summed E-state index contributed by atoms with van der Waals surface area (Å²) in [7, 11) is 1.82.